The lowest BCUT2D eigenvalue weighted by Crippen LogP contribution is -2.43. The number of pyridine rings is 1. The van der Waals surface area contributed by atoms with E-state index >= 15 is 0 Å². The van der Waals surface area contributed by atoms with E-state index in [4.69, 9.17) is 28.9 Å². The number of rotatable bonds is 6. The lowest BCUT2D eigenvalue weighted by molar-refractivity contribution is 0.0652. The summed E-state index contributed by atoms with van der Waals surface area (Å²) in [5, 5.41) is 11.7. The van der Waals surface area contributed by atoms with E-state index in [2.05, 4.69) is 4.98 Å². The zero-order chi connectivity index (χ0) is 21.1. The van der Waals surface area contributed by atoms with Gasteiger partial charge in [-0.1, -0.05) is 23.2 Å². The van der Waals surface area contributed by atoms with Gasteiger partial charge < -0.3 is 15.7 Å². The molecule has 0 spiro atoms. The van der Waals surface area contributed by atoms with Crippen LogP contribution in [0.2, 0.25) is 10.0 Å². The van der Waals surface area contributed by atoms with Crippen LogP contribution in [0.5, 0.6) is 0 Å². The fourth-order valence-corrected chi connectivity index (χ4v) is 3.11. The van der Waals surface area contributed by atoms with Crippen molar-refractivity contribution in [3.8, 4) is 0 Å². The van der Waals surface area contributed by atoms with Gasteiger partial charge in [0.05, 0.1) is 17.4 Å². The van der Waals surface area contributed by atoms with Crippen molar-refractivity contribution in [2.75, 3.05) is 7.05 Å². The lowest BCUT2D eigenvalue weighted by Gasteiger charge is -2.32. The molecule has 7 heteroatoms. The SMILES string of the molecule is CN(C(=O)c1cccnc1C[C@H](O)[C@H](N)Cc1cc(Cl)ccc1Cl)C(C)(C)C. The molecule has 0 unspecified atom stereocenters. The Bertz CT molecular complexity index is 837. The van der Waals surface area contributed by atoms with Crippen molar-refractivity contribution < 1.29 is 9.90 Å². The standard InChI is InChI=1S/C21H27Cl2N3O2/c1-21(2,3)26(4)20(28)15-6-5-9-25-18(15)12-19(27)17(24)11-13-10-14(22)7-8-16(13)23/h5-10,17,19,27H,11-12,24H2,1-4H3/t17-,19+/m1/s1. The minimum atomic E-state index is -0.892. The number of halogens is 2. The Hall–Kier alpha value is -1.66. The number of benzene rings is 1. The van der Waals surface area contributed by atoms with Crippen molar-refractivity contribution in [1.82, 2.24) is 9.88 Å². The van der Waals surface area contributed by atoms with Gasteiger partial charge in [-0.05, 0) is 63.1 Å². The van der Waals surface area contributed by atoms with Crippen molar-refractivity contribution in [3.05, 3.63) is 63.4 Å². The maximum absolute atomic E-state index is 12.9. The zero-order valence-electron chi connectivity index (χ0n) is 16.6. The zero-order valence-corrected chi connectivity index (χ0v) is 18.1. The predicted molar refractivity (Wildman–Crippen MR) is 114 cm³/mol. The largest absolute Gasteiger partial charge is 0.391 e. The first-order chi connectivity index (χ1) is 13.0. The third kappa shape index (κ3) is 5.67. The second-order valence-corrected chi connectivity index (χ2v) is 8.75. The summed E-state index contributed by atoms with van der Waals surface area (Å²) < 4.78 is 0. The molecule has 3 N–H and O–H groups in total. The van der Waals surface area contributed by atoms with Crippen LogP contribution in [-0.4, -0.2) is 45.6 Å². The van der Waals surface area contributed by atoms with E-state index in [-0.39, 0.29) is 17.9 Å². The Morgan fingerprint density at radius 2 is 1.93 bits per heavy atom. The molecule has 5 nitrogen and oxygen atoms in total. The van der Waals surface area contributed by atoms with Gasteiger partial charge in [0.15, 0.2) is 0 Å². The van der Waals surface area contributed by atoms with Gasteiger partial charge in [-0.15, -0.1) is 0 Å². The van der Waals surface area contributed by atoms with E-state index in [1.165, 1.54) is 0 Å². The van der Waals surface area contributed by atoms with Crippen molar-refractivity contribution in [2.45, 2.75) is 51.3 Å². The van der Waals surface area contributed by atoms with Gasteiger partial charge in [-0.25, -0.2) is 0 Å². The monoisotopic (exact) mass is 423 g/mol. The van der Waals surface area contributed by atoms with Crippen LogP contribution in [0.3, 0.4) is 0 Å². The highest BCUT2D eigenvalue weighted by Gasteiger charge is 2.27. The number of nitrogens with two attached hydrogens (primary N) is 1. The highest BCUT2D eigenvalue weighted by atomic mass is 35.5. The number of aromatic nitrogens is 1. The summed E-state index contributed by atoms with van der Waals surface area (Å²) in [6, 6.07) is 8.00. The summed E-state index contributed by atoms with van der Waals surface area (Å²) in [5.41, 5.74) is 7.62. The highest BCUT2D eigenvalue weighted by Crippen LogP contribution is 2.23. The summed E-state index contributed by atoms with van der Waals surface area (Å²) in [6.07, 6.45) is 1.24. The lowest BCUT2D eigenvalue weighted by atomic mass is 9.96. The average Bonchev–Trinajstić information content (AvgIpc) is 2.63. The van der Waals surface area contributed by atoms with Gasteiger partial charge in [-0.3, -0.25) is 9.78 Å². The number of hydrogen-bond acceptors (Lipinski definition) is 4. The van der Waals surface area contributed by atoms with Crippen molar-refractivity contribution >= 4 is 29.1 Å². The van der Waals surface area contributed by atoms with Gasteiger partial charge in [0.2, 0.25) is 0 Å². The van der Waals surface area contributed by atoms with Crippen LogP contribution >= 0.6 is 23.2 Å². The molecule has 2 rings (SSSR count). The Kier molecular flexibility index (Phi) is 7.46. The first kappa shape index (κ1) is 22.6. The van der Waals surface area contributed by atoms with Crippen LogP contribution in [0.1, 0.15) is 42.4 Å². The molecule has 0 fully saturated rings. The van der Waals surface area contributed by atoms with Gasteiger partial charge in [-0.2, -0.15) is 0 Å². The average molecular weight is 424 g/mol. The molecule has 152 valence electrons. The molecule has 0 radical (unpaired) electrons. The van der Waals surface area contributed by atoms with Crippen molar-refractivity contribution in [3.63, 3.8) is 0 Å². The van der Waals surface area contributed by atoms with Crippen LogP contribution < -0.4 is 5.73 Å². The molecule has 0 aliphatic rings. The van der Waals surface area contributed by atoms with E-state index < -0.39 is 12.1 Å². The Balaban J connectivity index is 2.17. The number of aliphatic hydroxyl groups excluding tert-OH is 1. The van der Waals surface area contributed by atoms with Crippen LogP contribution in [0.25, 0.3) is 0 Å². The fourth-order valence-electron chi connectivity index (χ4n) is 2.72. The highest BCUT2D eigenvalue weighted by molar-refractivity contribution is 6.33. The van der Waals surface area contributed by atoms with Gasteiger partial charge in [0.25, 0.3) is 5.91 Å². The Labute approximate surface area is 176 Å². The molecule has 2 aromatic rings. The first-order valence-corrected chi connectivity index (χ1v) is 9.86. The van der Waals surface area contributed by atoms with Gasteiger partial charge in [0, 0.05) is 41.3 Å². The number of carbonyl (C=O) groups is 1. The maximum Gasteiger partial charge on any atom is 0.255 e. The molecule has 2 atom stereocenters. The summed E-state index contributed by atoms with van der Waals surface area (Å²) >= 11 is 12.2. The molecule has 28 heavy (non-hydrogen) atoms. The molecule has 1 aromatic carbocycles. The third-order valence-electron chi connectivity index (χ3n) is 4.79. The van der Waals surface area contributed by atoms with E-state index in [0.717, 1.165) is 5.56 Å². The Morgan fingerprint density at radius 1 is 1.25 bits per heavy atom. The second kappa shape index (κ2) is 9.23. The summed E-state index contributed by atoms with van der Waals surface area (Å²) in [6.45, 7) is 5.88. The quantitative estimate of drug-likeness (QED) is 0.741. The van der Waals surface area contributed by atoms with E-state index in [9.17, 15) is 9.90 Å². The van der Waals surface area contributed by atoms with E-state index in [1.807, 2.05) is 20.8 Å². The number of aliphatic hydroxyl groups is 1. The molecule has 1 heterocycles. The number of carbonyl (C=O) groups excluding carboxylic acids is 1. The minimum Gasteiger partial charge on any atom is -0.391 e. The number of amides is 1. The minimum absolute atomic E-state index is 0.144. The number of nitrogens with zero attached hydrogens (tertiary/aromatic N) is 2. The molecule has 0 aliphatic carbocycles. The molecule has 0 saturated heterocycles. The van der Waals surface area contributed by atoms with Crippen LogP contribution in [0.4, 0.5) is 0 Å². The molecule has 0 bridgehead atoms. The fraction of sp³-hybridized carbons (Fsp3) is 0.429. The maximum atomic E-state index is 12.9. The smallest absolute Gasteiger partial charge is 0.255 e. The Morgan fingerprint density at radius 3 is 2.57 bits per heavy atom. The summed E-state index contributed by atoms with van der Waals surface area (Å²) in [5.74, 6) is -0.144. The van der Waals surface area contributed by atoms with Gasteiger partial charge >= 0.3 is 0 Å². The van der Waals surface area contributed by atoms with Crippen molar-refractivity contribution in [1.29, 1.82) is 0 Å². The second-order valence-electron chi connectivity index (χ2n) is 7.91. The molecular formula is C21H27Cl2N3O2. The summed E-state index contributed by atoms with van der Waals surface area (Å²) in [7, 11) is 1.75. The number of hydrogen-bond donors (Lipinski definition) is 2. The van der Waals surface area contributed by atoms with Crippen LogP contribution in [0, 0.1) is 0 Å². The topological polar surface area (TPSA) is 79.5 Å². The van der Waals surface area contributed by atoms with Crippen LogP contribution in [0.15, 0.2) is 36.5 Å². The molecule has 1 aromatic heterocycles. The predicted octanol–water partition coefficient (Wildman–Crippen LogP) is 3.73. The third-order valence-corrected chi connectivity index (χ3v) is 5.40. The first-order valence-electron chi connectivity index (χ1n) is 9.10. The summed E-state index contributed by atoms with van der Waals surface area (Å²) in [4.78, 5) is 18.9. The molecule has 0 saturated carbocycles. The normalized spacial score (nSPS) is 13.9. The van der Waals surface area contributed by atoms with Crippen LogP contribution in [-0.2, 0) is 12.8 Å². The molecular weight excluding hydrogens is 397 g/mol. The van der Waals surface area contributed by atoms with E-state index in [0.29, 0.717) is 27.7 Å². The van der Waals surface area contributed by atoms with Gasteiger partial charge in [0.1, 0.15) is 0 Å². The van der Waals surface area contributed by atoms with E-state index in [1.54, 1.807) is 48.5 Å². The van der Waals surface area contributed by atoms with Crippen molar-refractivity contribution in [2.24, 2.45) is 5.73 Å². The molecule has 1 amide bonds. The molecule has 0 aliphatic heterocycles.